The van der Waals surface area contributed by atoms with Crippen molar-refractivity contribution in [3.05, 3.63) is 28.5 Å². The van der Waals surface area contributed by atoms with Gasteiger partial charge in [0.05, 0.1) is 22.7 Å². The number of benzene rings is 1. The second-order valence-electron chi connectivity index (χ2n) is 4.60. The molecule has 0 saturated carbocycles. The maximum Gasteiger partial charge on any atom is 0.197 e. The zero-order valence-electron chi connectivity index (χ0n) is 10.0. The summed E-state index contributed by atoms with van der Waals surface area (Å²) in [5, 5.41) is 11.3. The van der Waals surface area contributed by atoms with Crippen molar-refractivity contribution in [2.45, 2.75) is 19.3 Å². The van der Waals surface area contributed by atoms with E-state index in [9.17, 15) is 0 Å². The van der Waals surface area contributed by atoms with E-state index in [1.807, 2.05) is 22.9 Å². The first-order chi connectivity index (χ1) is 8.79. The molecule has 0 unspecified atom stereocenters. The molecule has 18 heavy (non-hydrogen) atoms. The monoisotopic (exact) mass is 258 g/mol. The number of aromatic nitrogens is 2. The molecule has 3 rings (SSSR count). The lowest BCUT2D eigenvalue weighted by atomic mass is 10.2. The summed E-state index contributed by atoms with van der Waals surface area (Å²) >= 11 is 5.40. The molecule has 1 aromatic heterocycles. The molecule has 0 aliphatic carbocycles. The van der Waals surface area contributed by atoms with Crippen LogP contribution in [0.3, 0.4) is 0 Å². The molecule has 1 aromatic carbocycles. The van der Waals surface area contributed by atoms with Crippen LogP contribution in [0.2, 0.25) is 0 Å². The van der Waals surface area contributed by atoms with E-state index in [0.29, 0.717) is 10.3 Å². The van der Waals surface area contributed by atoms with Crippen LogP contribution >= 0.6 is 12.2 Å². The van der Waals surface area contributed by atoms with Crippen LogP contribution in [0.4, 0.5) is 0 Å². The third-order valence-corrected chi connectivity index (χ3v) is 3.68. The summed E-state index contributed by atoms with van der Waals surface area (Å²) in [6.45, 7) is 2.05. The van der Waals surface area contributed by atoms with Gasteiger partial charge in [0.2, 0.25) is 0 Å². The molecule has 1 saturated heterocycles. The fourth-order valence-corrected chi connectivity index (χ4v) is 2.84. The Kier molecular flexibility index (Phi) is 2.80. The third kappa shape index (κ3) is 1.79. The molecule has 0 amide bonds. The molecule has 1 fully saturated rings. The van der Waals surface area contributed by atoms with Crippen LogP contribution in [-0.4, -0.2) is 22.7 Å². The number of rotatable bonds is 1. The largest absolute Gasteiger partial charge is 0.329 e. The fraction of sp³-hybridized carbons (Fsp3) is 0.385. The number of piperidine rings is 1. The van der Waals surface area contributed by atoms with Crippen LogP contribution in [0, 0.1) is 16.1 Å². The standard InChI is InChI=1S/C13H14N4S/c14-9-10-4-5-11-12(8-10)17(13(18)15-11)16-6-2-1-3-7-16/h4-5,8H,1-3,6-7H2,(H,15,18). The SMILES string of the molecule is N#Cc1ccc2[nH]c(=S)n(N3CCCCC3)c2c1. The van der Waals surface area contributed by atoms with Gasteiger partial charge in [-0.15, -0.1) is 0 Å². The Hall–Kier alpha value is -1.80. The summed E-state index contributed by atoms with van der Waals surface area (Å²) in [6, 6.07) is 7.81. The highest BCUT2D eigenvalue weighted by molar-refractivity contribution is 7.71. The minimum atomic E-state index is 0.669. The van der Waals surface area contributed by atoms with Crippen molar-refractivity contribution in [2.24, 2.45) is 0 Å². The number of H-pyrrole nitrogens is 1. The Balaban J connectivity index is 2.17. The zero-order valence-corrected chi connectivity index (χ0v) is 10.8. The van der Waals surface area contributed by atoms with Crippen molar-refractivity contribution in [3.8, 4) is 6.07 Å². The lowest BCUT2D eigenvalue weighted by Gasteiger charge is -2.29. The van der Waals surface area contributed by atoms with Gasteiger partial charge in [-0.05, 0) is 49.7 Å². The van der Waals surface area contributed by atoms with Crippen molar-refractivity contribution in [1.82, 2.24) is 9.66 Å². The average Bonchev–Trinajstić information content (AvgIpc) is 2.74. The van der Waals surface area contributed by atoms with Crippen LogP contribution < -0.4 is 5.01 Å². The smallest absolute Gasteiger partial charge is 0.197 e. The molecule has 2 aromatic rings. The fourth-order valence-electron chi connectivity index (χ4n) is 2.52. The van der Waals surface area contributed by atoms with Gasteiger partial charge in [0, 0.05) is 13.1 Å². The lowest BCUT2D eigenvalue weighted by molar-refractivity contribution is 0.483. The molecule has 5 heteroatoms. The summed E-state index contributed by atoms with van der Waals surface area (Å²) in [6.07, 6.45) is 3.69. The Labute approximate surface area is 110 Å². The minimum absolute atomic E-state index is 0.669. The Morgan fingerprint density at radius 1 is 1.22 bits per heavy atom. The number of imidazole rings is 1. The molecule has 1 aliphatic heterocycles. The van der Waals surface area contributed by atoms with E-state index >= 15 is 0 Å². The number of aromatic amines is 1. The van der Waals surface area contributed by atoms with Gasteiger partial charge in [0.25, 0.3) is 0 Å². The van der Waals surface area contributed by atoms with Crippen LogP contribution in [-0.2, 0) is 0 Å². The Bertz CT molecular complexity index is 670. The summed E-state index contributed by atoms with van der Waals surface area (Å²) in [7, 11) is 0. The molecule has 0 spiro atoms. The maximum atomic E-state index is 9.00. The van der Waals surface area contributed by atoms with Crippen LogP contribution in [0.1, 0.15) is 24.8 Å². The summed E-state index contributed by atoms with van der Waals surface area (Å²) in [5.41, 5.74) is 2.66. The van der Waals surface area contributed by atoms with Gasteiger partial charge in [-0.25, -0.2) is 4.68 Å². The molecule has 0 bridgehead atoms. The summed E-state index contributed by atoms with van der Waals surface area (Å²) < 4.78 is 2.76. The van der Waals surface area contributed by atoms with E-state index in [1.54, 1.807) is 0 Å². The summed E-state index contributed by atoms with van der Waals surface area (Å²) in [5.74, 6) is 0. The van der Waals surface area contributed by atoms with Gasteiger partial charge in [-0.1, -0.05) is 0 Å². The number of nitrogens with zero attached hydrogens (tertiary/aromatic N) is 3. The molecule has 0 atom stereocenters. The van der Waals surface area contributed by atoms with Crippen LogP contribution in [0.5, 0.6) is 0 Å². The first kappa shape index (κ1) is 11.3. The van der Waals surface area contributed by atoms with Gasteiger partial charge < -0.3 is 9.99 Å². The minimum Gasteiger partial charge on any atom is -0.329 e. The van der Waals surface area contributed by atoms with E-state index in [4.69, 9.17) is 17.5 Å². The topological polar surface area (TPSA) is 47.8 Å². The first-order valence-corrected chi connectivity index (χ1v) is 6.60. The van der Waals surface area contributed by atoms with Crippen molar-refractivity contribution in [3.63, 3.8) is 0 Å². The van der Waals surface area contributed by atoms with Gasteiger partial charge in [-0.3, -0.25) is 0 Å². The zero-order chi connectivity index (χ0) is 12.5. The van der Waals surface area contributed by atoms with Gasteiger partial charge in [-0.2, -0.15) is 5.26 Å². The molecule has 92 valence electrons. The lowest BCUT2D eigenvalue weighted by Crippen LogP contribution is -2.39. The molecule has 4 nitrogen and oxygen atoms in total. The van der Waals surface area contributed by atoms with Crippen molar-refractivity contribution >= 4 is 23.3 Å². The second-order valence-corrected chi connectivity index (χ2v) is 4.99. The average molecular weight is 258 g/mol. The van der Waals surface area contributed by atoms with E-state index in [1.165, 1.54) is 19.3 Å². The predicted octanol–water partition coefficient (Wildman–Crippen LogP) is 2.69. The van der Waals surface area contributed by atoms with Crippen molar-refractivity contribution < 1.29 is 0 Å². The van der Waals surface area contributed by atoms with E-state index in [2.05, 4.69) is 16.1 Å². The van der Waals surface area contributed by atoms with E-state index in [-0.39, 0.29) is 0 Å². The summed E-state index contributed by atoms with van der Waals surface area (Å²) in [4.78, 5) is 3.20. The number of nitriles is 1. The van der Waals surface area contributed by atoms with Crippen LogP contribution in [0.15, 0.2) is 18.2 Å². The normalized spacial score (nSPS) is 15.8. The van der Waals surface area contributed by atoms with E-state index in [0.717, 1.165) is 24.1 Å². The van der Waals surface area contributed by atoms with Gasteiger partial charge in [0.1, 0.15) is 0 Å². The second kappa shape index (κ2) is 4.46. The molecule has 0 radical (unpaired) electrons. The van der Waals surface area contributed by atoms with Crippen molar-refractivity contribution in [2.75, 3.05) is 18.1 Å². The Morgan fingerprint density at radius 3 is 2.72 bits per heavy atom. The molecule has 1 aliphatic rings. The number of hydrogen-bond acceptors (Lipinski definition) is 3. The number of fused-ring (bicyclic) bond motifs is 1. The number of nitrogens with one attached hydrogen (secondary N) is 1. The first-order valence-electron chi connectivity index (χ1n) is 6.20. The van der Waals surface area contributed by atoms with Crippen molar-refractivity contribution in [1.29, 1.82) is 5.26 Å². The maximum absolute atomic E-state index is 9.00. The van der Waals surface area contributed by atoms with Crippen LogP contribution in [0.25, 0.3) is 11.0 Å². The molecular formula is C13H14N4S. The molecule has 2 heterocycles. The van der Waals surface area contributed by atoms with Gasteiger partial charge >= 0.3 is 0 Å². The van der Waals surface area contributed by atoms with E-state index < -0.39 is 0 Å². The third-order valence-electron chi connectivity index (χ3n) is 3.40. The highest BCUT2D eigenvalue weighted by atomic mass is 32.1. The van der Waals surface area contributed by atoms with Gasteiger partial charge in [0.15, 0.2) is 4.77 Å². The number of hydrogen-bond donors (Lipinski definition) is 1. The molecular weight excluding hydrogens is 244 g/mol. The Morgan fingerprint density at radius 2 is 2.00 bits per heavy atom. The highest BCUT2D eigenvalue weighted by Gasteiger charge is 2.14. The predicted molar refractivity (Wildman–Crippen MR) is 73.6 cm³/mol. The molecule has 1 N–H and O–H groups in total. The highest BCUT2D eigenvalue weighted by Crippen LogP contribution is 2.18. The quantitative estimate of drug-likeness (QED) is 0.800.